The average molecular weight is 315 g/mol. The smallest absolute Gasteiger partial charge is 0.416 e. The van der Waals surface area contributed by atoms with Gasteiger partial charge in [-0.25, -0.2) is 0 Å². The molecule has 1 aromatic rings. The van der Waals surface area contributed by atoms with E-state index in [1.165, 1.54) is 12.1 Å². The number of rotatable bonds is 4. The molecule has 0 bridgehead atoms. The van der Waals surface area contributed by atoms with Gasteiger partial charge in [-0.05, 0) is 24.5 Å². The number of amides is 1. The lowest BCUT2D eigenvalue weighted by Gasteiger charge is -2.28. The zero-order chi connectivity index (χ0) is 16.4. The van der Waals surface area contributed by atoms with Gasteiger partial charge in [0.2, 0.25) is 5.91 Å². The van der Waals surface area contributed by atoms with Gasteiger partial charge < -0.3 is 10.4 Å². The van der Waals surface area contributed by atoms with E-state index in [4.69, 9.17) is 5.11 Å². The van der Waals surface area contributed by atoms with Crippen LogP contribution in [0.25, 0.3) is 0 Å². The minimum Gasteiger partial charge on any atom is -0.480 e. The van der Waals surface area contributed by atoms with Gasteiger partial charge in [0.05, 0.1) is 11.0 Å². The topological polar surface area (TPSA) is 66.4 Å². The fourth-order valence-electron chi connectivity index (χ4n) is 2.94. The highest BCUT2D eigenvalue weighted by Gasteiger charge is 2.43. The molecule has 22 heavy (non-hydrogen) atoms. The van der Waals surface area contributed by atoms with Crippen molar-refractivity contribution in [3.05, 3.63) is 35.4 Å². The van der Waals surface area contributed by atoms with E-state index in [0.717, 1.165) is 25.0 Å². The molecule has 0 unspecified atom stereocenters. The molecule has 1 saturated carbocycles. The largest absolute Gasteiger partial charge is 0.480 e. The number of carboxylic acid groups (broad SMARTS) is 1. The standard InChI is InChI=1S/C15H16F3NO3/c16-15(17,18)11-5-3-4-10(8-11)14(6-1-2-7-14)13(22)19-9-12(20)21/h3-5,8H,1-2,6-7,9H2,(H,19,22)(H,20,21). The fourth-order valence-corrected chi connectivity index (χ4v) is 2.94. The number of carbonyl (C=O) groups is 2. The van der Waals surface area contributed by atoms with Crippen LogP contribution < -0.4 is 5.32 Å². The minimum atomic E-state index is -4.48. The maximum absolute atomic E-state index is 12.9. The number of benzene rings is 1. The lowest BCUT2D eigenvalue weighted by atomic mass is 9.77. The number of hydrogen-bond donors (Lipinski definition) is 2. The number of nitrogens with one attached hydrogen (secondary N) is 1. The molecule has 4 nitrogen and oxygen atoms in total. The van der Waals surface area contributed by atoms with Crippen LogP contribution in [-0.2, 0) is 21.2 Å². The van der Waals surface area contributed by atoms with E-state index in [0.29, 0.717) is 18.4 Å². The number of aliphatic carboxylic acids is 1. The number of hydrogen-bond acceptors (Lipinski definition) is 2. The fraction of sp³-hybridized carbons (Fsp3) is 0.467. The van der Waals surface area contributed by atoms with Crippen molar-refractivity contribution in [2.24, 2.45) is 0 Å². The zero-order valence-corrected chi connectivity index (χ0v) is 11.7. The predicted molar refractivity (Wildman–Crippen MR) is 72.2 cm³/mol. The molecule has 0 atom stereocenters. The SMILES string of the molecule is O=C(O)CNC(=O)C1(c2cccc(C(F)(F)F)c2)CCCC1. The summed E-state index contributed by atoms with van der Waals surface area (Å²) in [6.45, 7) is -0.542. The van der Waals surface area contributed by atoms with E-state index < -0.39 is 35.6 Å². The first-order chi connectivity index (χ1) is 10.3. The lowest BCUT2D eigenvalue weighted by Crippen LogP contribution is -2.44. The van der Waals surface area contributed by atoms with Crippen LogP contribution in [0.3, 0.4) is 0 Å². The van der Waals surface area contributed by atoms with Crippen LogP contribution in [0.1, 0.15) is 36.8 Å². The molecule has 0 aliphatic heterocycles. The number of halogens is 3. The van der Waals surface area contributed by atoms with Gasteiger partial charge in [0.25, 0.3) is 0 Å². The van der Waals surface area contributed by atoms with E-state index in [1.54, 1.807) is 0 Å². The van der Waals surface area contributed by atoms with E-state index in [-0.39, 0.29) is 0 Å². The lowest BCUT2D eigenvalue weighted by molar-refractivity contribution is -0.138. The van der Waals surface area contributed by atoms with E-state index in [9.17, 15) is 22.8 Å². The van der Waals surface area contributed by atoms with Gasteiger partial charge in [-0.1, -0.05) is 31.0 Å². The second-order valence-corrected chi connectivity index (χ2v) is 5.44. The normalized spacial score (nSPS) is 17.2. The Kier molecular flexibility index (Phi) is 4.44. The molecule has 1 aromatic carbocycles. The first-order valence-corrected chi connectivity index (χ1v) is 6.93. The summed E-state index contributed by atoms with van der Waals surface area (Å²) < 4.78 is 38.6. The Labute approximate surface area is 125 Å². The first-order valence-electron chi connectivity index (χ1n) is 6.93. The number of carboxylic acids is 1. The Morgan fingerprint density at radius 2 is 1.86 bits per heavy atom. The molecule has 7 heteroatoms. The zero-order valence-electron chi connectivity index (χ0n) is 11.7. The van der Waals surface area contributed by atoms with Crippen molar-refractivity contribution in [2.45, 2.75) is 37.3 Å². The molecule has 0 spiro atoms. The predicted octanol–water partition coefficient (Wildman–Crippen LogP) is 2.72. The summed E-state index contributed by atoms with van der Waals surface area (Å²) in [4.78, 5) is 23.0. The summed E-state index contributed by atoms with van der Waals surface area (Å²) in [5.41, 5.74) is -1.58. The highest BCUT2D eigenvalue weighted by molar-refractivity contribution is 5.90. The van der Waals surface area contributed by atoms with Crippen molar-refractivity contribution in [1.29, 1.82) is 0 Å². The van der Waals surface area contributed by atoms with E-state index in [1.807, 2.05) is 0 Å². The Morgan fingerprint density at radius 1 is 1.23 bits per heavy atom. The summed E-state index contributed by atoms with van der Waals surface area (Å²) in [6.07, 6.45) is -2.21. The van der Waals surface area contributed by atoms with Gasteiger partial charge in [-0.3, -0.25) is 9.59 Å². The molecule has 0 aromatic heterocycles. The molecule has 0 radical (unpaired) electrons. The van der Waals surface area contributed by atoms with Crippen molar-refractivity contribution in [2.75, 3.05) is 6.54 Å². The molecule has 120 valence electrons. The second kappa shape index (κ2) is 5.98. The van der Waals surface area contributed by atoms with E-state index >= 15 is 0 Å². The molecule has 1 aliphatic rings. The Hall–Kier alpha value is -2.05. The molecule has 2 rings (SSSR count). The quantitative estimate of drug-likeness (QED) is 0.898. The maximum atomic E-state index is 12.9. The number of carbonyl (C=O) groups excluding carboxylic acids is 1. The van der Waals surface area contributed by atoms with Crippen LogP contribution in [0, 0.1) is 0 Å². The Morgan fingerprint density at radius 3 is 2.41 bits per heavy atom. The Bertz CT molecular complexity index is 578. The van der Waals surface area contributed by atoms with Crippen LogP contribution in [0.15, 0.2) is 24.3 Å². The third kappa shape index (κ3) is 3.23. The van der Waals surface area contributed by atoms with Gasteiger partial charge in [0, 0.05) is 0 Å². The monoisotopic (exact) mass is 315 g/mol. The summed E-state index contributed by atoms with van der Waals surface area (Å²) in [5.74, 6) is -1.71. The third-order valence-electron chi connectivity index (χ3n) is 4.03. The highest BCUT2D eigenvalue weighted by Crippen LogP contribution is 2.43. The van der Waals surface area contributed by atoms with Gasteiger partial charge in [-0.15, -0.1) is 0 Å². The molecule has 1 amide bonds. The molecule has 1 aliphatic carbocycles. The summed E-state index contributed by atoms with van der Waals surface area (Å²) in [7, 11) is 0. The second-order valence-electron chi connectivity index (χ2n) is 5.44. The van der Waals surface area contributed by atoms with Gasteiger partial charge >= 0.3 is 12.1 Å². The van der Waals surface area contributed by atoms with Crippen LogP contribution in [0.4, 0.5) is 13.2 Å². The first kappa shape index (κ1) is 16.3. The molecular formula is C15H16F3NO3. The van der Waals surface area contributed by atoms with Crippen molar-refractivity contribution < 1.29 is 27.9 Å². The highest BCUT2D eigenvalue weighted by atomic mass is 19.4. The van der Waals surface area contributed by atoms with Crippen molar-refractivity contribution in [3.63, 3.8) is 0 Å². The number of alkyl halides is 3. The van der Waals surface area contributed by atoms with Crippen LogP contribution in [0.2, 0.25) is 0 Å². The van der Waals surface area contributed by atoms with Crippen LogP contribution in [0.5, 0.6) is 0 Å². The van der Waals surface area contributed by atoms with Gasteiger partial charge in [0.1, 0.15) is 6.54 Å². The summed E-state index contributed by atoms with van der Waals surface area (Å²) >= 11 is 0. The summed E-state index contributed by atoms with van der Waals surface area (Å²) in [6, 6.07) is 4.73. The maximum Gasteiger partial charge on any atom is 0.416 e. The molecular weight excluding hydrogens is 299 g/mol. The van der Waals surface area contributed by atoms with Crippen molar-refractivity contribution in [3.8, 4) is 0 Å². The molecule has 1 fully saturated rings. The van der Waals surface area contributed by atoms with Crippen LogP contribution >= 0.6 is 0 Å². The summed E-state index contributed by atoms with van der Waals surface area (Å²) in [5, 5.41) is 10.9. The third-order valence-corrected chi connectivity index (χ3v) is 4.03. The van der Waals surface area contributed by atoms with Crippen molar-refractivity contribution in [1.82, 2.24) is 5.32 Å². The van der Waals surface area contributed by atoms with Gasteiger partial charge in [-0.2, -0.15) is 13.2 Å². The van der Waals surface area contributed by atoms with Crippen LogP contribution in [-0.4, -0.2) is 23.5 Å². The molecule has 2 N–H and O–H groups in total. The average Bonchev–Trinajstić information content (AvgIpc) is 2.94. The minimum absolute atomic E-state index is 0.294. The van der Waals surface area contributed by atoms with Gasteiger partial charge in [0.15, 0.2) is 0 Å². The van der Waals surface area contributed by atoms with E-state index in [2.05, 4.69) is 5.32 Å². The van der Waals surface area contributed by atoms with Crippen molar-refractivity contribution >= 4 is 11.9 Å². The molecule has 0 saturated heterocycles. The molecule has 0 heterocycles. The Balaban J connectivity index is 2.35.